The van der Waals surface area contributed by atoms with Crippen LogP contribution >= 0.6 is 0 Å². The highest BCUT2D eigenvalue weighted by Gasteiger charge is 2.00. The maximum atomic E-state index is 4.38. The second kappa shape index (κ2) is 7.12. The Labute approximate surface area is 109 Å². The molecule has 0 aliphatic heterocycles. The van der Waals surface area contributed by atoms with Crippen LogP contribution in [0.15, 0.2) is 36.5 Å². The number of fused-ring (bicyclic) bond motifs is 1. The number of para-hydroxylation sites is 1. The quantitative estimate of drug-likeness (QED) is 0.745. The zero-order valence-corrected chi connectivity index (χ0v) is 11.2. The number of nitrogens with one attached hydrogen (secondary N) is 1. The lowest BCUT2D eigenvalue weighted by atomic mass is 10.1. The largest absolute Gasteiger partial charge is 0.313 e. The van der Waals surface area contributed by atoms with Gasteiger partial charge < -0.3 is 5.32 Å². The molecule has 1 N–H and O–H groups in total. The SMILES string of the molecule is CCCCCCNCc1ccnc2ccccc12. The number of rotatable bonds is 7. The Balaban J connectivity index is 1.88. The maximum absolute atomic E-state index is 4.38. The van der Waals surface area contributed by atoms with Gasteiger partial charge in [-0.25, -0.2) is 0 Å². The van der Waals surface area contributed by atoms with Crippen molar-refractivity contribution in [2.45, 2.75) is 39.2 Å². The van der Waals surface area contributed by atoms with Gasteiger partial charge in [0.2, 0.25) is 0 Å². The average Bonchev–Trinajstić information content (AvgIpc) is 2.43. The molecule has 0 atom stereocenters. The molecule has 1 aromatic heterocycles. The van der Waals surface area contributed by atoms with Crippen molar-refractivity contribution in [3.63, 3.8) is 0 Å². The van der Waals surface area contributed by atoms with Crippen molar-refractivity contribution in [1.29, 1.82) is 0 Å². The van der Waals surface area contributed by atoms with Crippen LogP contribution in [-0.4, -0.2) is 11.5 Å². The molecular weight excluding hydrogens is 220 g/mol. The molecular formula is C16H22N2. The summed E-state index contributed by atoms with van der Waals surface area (Å²) in [4.78, 5) is 4.38. The van der Waals surface area contributed by atoms with Crippen LogP contribution in [0.2, 0.25) is 0 Å². The number of benzene rings is 1. The molecule has 0 amide bonds. The van der Waals surface area contributed by atoms with Gasteiger partial charge in [0, 0.05) is 18.1 Å². The minimum atomic E-state index is 0.940. The maximum Gasteiger partial charge on any atom is 0.0705 e. The van der Waals surface area contributed by atoms with Crippen LogP contribution in [0.25, 0.3) is 10.9 Å². The van der Waals surface area contributed by atoms with E-state index in [1.807, 2.05) is 12.3 Å². The van der Waals surface area contributed by atoms with Crippen LogP contribution in [0.4, 0.5) is 0 Å². The lowest BCUT2D eigenvalue weighted by molar-refractivity contribution is 0.599. The molecule has 0 saturated heterocycles. The van der Waals surface area contributed by atoms with Gasteiger partial charge >= 0.3 is 0 Å². The van der Waals surface area contributed by atoms with E-state index in [1.165, 1.54) is 36.6 Å². The summed E-state index contributed by atoms with van der Waals surface area (Å²) in [5, 5.41) is 4.79. The van der Waals surface area contributed by atoms with Crippen LogP contribution in [0.5, 0.6) is 0 Å². The van der Waals surface area contributed by atoms with Crippen LogP contribution in [0, 0.1) is 0 Å². The Hall–Kier alpha value is -1.41. The standard InChI is InChI=1S/C16H22N2/c1-2-3-4-7-11-17-13-14-10-12-18-16-9-6-5-8-15(14)16/h5-6,8-10,12,17H,2-4,7,11,13H2,1H3. The first-order valence-electron chi connectivity index (χ1n) is 6.95. The molecule has 0 spiro atoms. The highest BCUT2D eigenvalue weighted by molar-refractivity contribution is 5.81. The topological polar surface area (TPSA) is 24.9 Å². The summed E-state index contributed by atoms with van der Waals surface area (Å²) >= 11 is 0. The molecule has 0 radical (unpaired) electrons. The smallest absolute Gasteiger partial charge is 0.0705 e. The van der Waals surface area contributed by atoms with E-state index in [9.17, 15) is 0 Å². The Morgan fingerprint density at radius 1 is 1.06 bits per heavy atom. The van der Waals surface area contributed by atoms with Gasteiger partial charge in [0.15, 0.2) is 0 Å². The third kappa shape index (κ3) is 3.54. The molecule has 2 aromatic rings. The molecule has 96 valence electrons. The first kappa shape index (κ1) is 13.0. The zero-order valence-electron chi connectivity index (χ0n) is 11.2. The lowest BCUT2D eigenvalue weighted by Crippen LogP contribution is -2.14. The third-order valence-corrected chi connectivity index (χ3v) is 3.26. The van der Waals surface area contributed by atoms with Gasteiger partial charge in [0.05, 0.1) is 5.52 Å². The zero-order chi connectivity index (χ0) is 12.6. The number of hydrogen-bond acceptors (Lipinski definition) is 2. The normalized spacial score (nSPS) is 10.9. The molecule has 1 heterocycles. The molecule has 2 heteroatoms. The molecule has 0 saturated carbocycles. The molecule has 0 fully saturated rings. The van der Waals surface area contributed by atoms with Crippen molar-refractivity contribution >= 4 is 10.9 Å². The van der Waals surface area contributed by atoms with Crippen LogP contribution in [0.1, 0.15) is 38.2 Å². The summed E-state index contributed by atoms with van der Waals surface area (Å²) in [6.07, 6.45) is 7.16. The highest BCUT2D eigenvalue weighted by atomic mass is 14.8. The van der Waals surface area contributed by atoms with Crippen molar-refractivity contribution in [3.8, 4) is 0 Å². The van der Waals surface area contributed by atoms with Crippen LogP contribution < -0.4 is 5.32 Å². The van der Waals surface area contributed by atoms with E-state index >= 15 is 0 Å². The van der Waals surface area contributed by atoms with Crippen LogP contribution in [-0.2, 0) is 6.54 Å². The fourth-order valence-electron chi connectivity index (χ4n) is 2.21. The van der Waals surface area contributed by atoms with Gasteiger partial charge in [0.25, 0.3) is 0 Å². The van der Waals surface area contributed by atoms with E-state index in [1.54, 1.807) is 0 Å². The molecule has 0 aliphatic carbocycles. The summed E-state index contributed by atoms with van der Waals surface area (Å²) in [7, 11) is 0. The van der Waals surface area contributed by atoms with Gasteiger partial charge in [-0.1, -0.05) is 44.4 Å². The van der Waals surface area contributed by atoms with Crippen molar-refractivity contribution in [1.82, 2.24) is 10.3 Å². The lowest BCUT2D eigenvalue weighted by Gasteiger charge is -2.07. The fraction of sp³-hybridized carbons (Fsp3) is 0.438. The van der Waals surface area contributed by atoms with Gasteiger partial charge in [-0.3, -0.25) is 4.98 Å². The van der Waals surface area contributed by atoms with Crippen molar-refractivity contribution in [3.05, 3.63) is 42.1 Å². The van der Waals surface area contributed by atoms with E-state index < -0.39 is 0 Å². The number of unbranched alkanes of at least 4 members (excludes halogenated alkanes) is 3. The predicted molar refractivity (Wildman–Crippen MR) is 77.6 cm³/mol. The molecule has 0 bridgehead atoms. The fourth-order valence-corrected chi connectivity index (χ4v) is 2.21. The monoisotopic (exact) mass is 242 g/mol. The summed E-state index contributed by atoms with van der Waals surface area (Å²) < 4.78 is 0. The number of pyridine rings is 1. The second-order valence-corrected chi connectivity index (χ2v) is 4.72. The highest BCUT2D eigenvalue weighted by Crippen LogP contribution is 2.15. The summed E-state index contributed by atoms with van der Waals surface area (Å²) in [5.41, 5.74) is 2.43. The van der Waals surface area contributed by atoms with E-state index in [0.717, 1.165) is 18.6 Å². The second-order valence-electron chi connectivity index (χ2n) is 4.72. The molecule has 18 heavy (non-hydrogen) atoms. The van der Waals surface area contributed by atoms with Gasteiger partial charge in [-0.05, 0) is 30.7 Å². The Morgan fingerprint density at radius 3 is 2.83 bits per heavy atom. The van der Waals surface area contributed by atoms with E-state index in [0.29, 0.717) is 0 Å². The minimum Gasteiger partial charge on any atom is -0.313 e. The molecule has 2 rings (SSSR count). The van der Waals surface area contributed by atoms with E-state index in [4.69, 9.17) is 0 Å². The van der Waals surface area contributed by atoms with Crippen molar-refractivity contribution in [2.24, 2.45) is 0 Å². The Kier molecular flexibility index (Phi) is 5.15. The Bertz CT molecular complexity index is 474. The molecule has 2 nitrogen and oxygen atoms in total. The third-order valence-electron chi connectivity index (χ3n) is 3.26. The van der Waals surface area contributed by atoms with Crippen molar-refractivity contribution in [2.75, 3.05) is 6.54 Å². The van der Waals surface area contributed by atoms with E-state index in [-0.39, 0.29) is 0 Å². The number of nitrogens with zero attached hydrogens (tertiary/aromatic N) is 1. The summed E-state index contributed by atoms with van der Waals surface area (Å²) in [6.45, 7) is 4.29. The Morgan fingerprint density at radius 2 is 1.94 bits per heavy atom. The number of hydrogen-bond donors (Lipinski definition) is 1. The summed E-state index contributed by atoms with van der Waals surface area (Å²) in [5.74, 6) is 0. The van der Waals surface area contributed by atoms with E-state index in [2.05, 4.69) is 41.5 Å². The molecule has 1 aromatic carbocycles. The minimum absolute atomic E-state index is 0.940. The van der Waals surface area contributed by atoms with Crippen LogP contribution in [0.3, 0.4) is 0 Å². The van der Waals surface area contributed by atoms with Crippen molar-refractivity contribution < 1.29 is 0 Å². The molecule has 0 unspecified atom stereocenters. The van der Waals surface area contributed by atoms with Gasteiger partial charge in [-0.15, -0.1) is 0 Å². The first-order chi connectivity index (χ1) is 8.92. The predicted octanol–water partition coefficient (Wildman–Crippen LogP) is 3.90. The summed E-state index contributed by atoms with van der Waals surface area (Å²) in [6, 6.07) is 10.4. The van der Waals surface area contributed by atoms with Gasteiger partial charge in [0.1, 0.15) is 0 Å². The molecule has 0 aliphatic rings. The number of aromatic nitrogens is 1. The first-order valence-corrected chi connectivity index (χ1v) is 6.95. The average molecular weight is 242 g/mol. The van der Waals surface area contributed by atoms with Gasteiger partial charge in [-0.2, -0.15) is 0 Å².